The molecule has 0 atom stereocenters. The number of amides is 2. The highest BCUT2D eigenvalue weighted by atomic mass is 32.2. The maximum atomic E-state index is 12.6. The molecule has 1 aliphatic rings. The SMILES string of the molecule is CC(C)(C)C(=O)NC1CCN(C(=O)c2ccc(NS(C)(=O)=O)cc2)CC1. The van der Waals surface area contributed by atoms with Gasteiger partial charge in [0.15, 0.2) is 0 Å². The summed E-state index contributed by atoms with van der Waals surface area (Å²) in [6.45, 7) is 6.80. The number of sulfonamides is 1. The molecule has 26 heavy (non-hydrogen) atoms. The second kappa shape index (κ2) is 7.65. The summed E-state index contributed by atoms with van der Waals surface area (Å²) in [5.74, 6) is -0.0623. The van der Waals surface area contributed by atoms with Gasteiger partial charge < -0.3 is 10.2 Å². The first-order chi connectivity index (χ1) is 12.0. The number of piperidine rings is 1. The summed E-state index contributed by atoms with van der Waals surface area (Å²) in [5.41, 5.74) is 0.517. The quantitative estimate of drug-likeness (QED) is 0.832. The van der Waals surface area contributed by atoms with Gasteiger partial charge in [0.05, 0.1) is 6.26 Å². The van der Waals surface area contributed by atoms with Crippen molar-refractivity contribution in [2.45, 2.75) is 39.7 Å². The Bertz CT molecular complexity index is 759. The lowest BCUT2D eigenvalue weighted by molar-refractivity contribution is -0.129. The molecular weight excluding hydrogens is 354 g/mol. The second-order valence-electron chi connectivity index (χ2n) is 7.74. The van der Waals surface area contributed by atoms with E-state index < -0.39 is 15.4 Å². The van der Waals surface area contributed by atoms with Gasteiger partial charge in [-0.3, -0.25) is 14.3 Å². The van der Waals surface area contributed by atoms with Crippen LogP contribution in [0.5, 0.6) is 0 Å². The van der Waals surface area contributed by atoms with Crippen molar-refractivity contribution in [3.05, 3.63) is 29.8 Å². The zero-order chi connectivity index (χ0) is 19.5. The molecule has 8 heteroatoms. The van der Waals surface area contributed by atoms with Crippen LogP contribution >= 0.6 is 0 Å². The summed E-state index contributed by atoms with van der Waals surface area (Å²) >= 11 is 0. The van der Waals surface area contributed by atoms with E-state index >= 15 is 0 Å². The zero-order valence-corrected chi connectivity index (χ0v) is 16.5. The fourth-order valence-corrected chi connectivity index (χ4v) is 3.27. The third kappa shape index (κ3) is 5.72. The Hall–Kier alpha value is -2.09. The van der Waals surface area contributed by atoms with Crippen molar-refractivity contribution in [2.24, 2.45) is 5.41 Å². The summed E-state index contributed by atoms with van der Waals surface area (Å²) in [4.78, 5) is 26.4. The summed E-state index contributed by atoms with van der Waals surface area (Å²) in [7, 11) is -3.34. The van der Waals surface area contributed by atoms with E-state index in [2.05, 4.69) is 10.0 Å². The summed E-state index contributed by atoms with van der Waals surface area (Å²) in [6, 6.07) is 6.47. The van der Waals surface area contributed by atoms with Crippen molar-refractivity contribution in [1.82, 2.24) is 10.2 Å². The van der Waals surface area contributed by atoms with Crippen molar-refractivity contribution in [3.8, 4) is 0 Å². The molecule has 0 aromatic heterocycles. The second-order valence-corrected chi connectivity index (χ2v) is 9.49. The van der Waals surface area contributed by atoms with E-state index in [1.807, 2.05) is 20.8 Å². The Kier molecular flexibility index (Phi) is 5.95. The van der Waals surface area contributed by atoms with Crippen LogP contribution < -0.4 is 10.0 Å². The van der Waals surface area contributed by atoms with Crippen molar-refractivity contribution in [3.63, 3.8) is 0 Å². The van der Waals surface area contributed by atoms with E-state index in [4.69, 9.17) is 0 Å². The first-order valence-corrected chi connectivity index (χ1v) is 10.5. The normalized spacial score (nSPS) is 16.2. The van der Waals surface area contributed by atoms with Crippen LogP contribution in [-0.4, -0.2) is 50.5 Å². The van der Waals surface area contributed by atoms with Gasteiger partial charge in [-0.2, -0.15) is 0 Å². The van der Waals surface area contributed by atoms with Crippen LogP contribution in [0.4, 0.5) is 5.69 Å². The first-order valence-electron chi connectivity index (χ1n) is 8.64. The highest BCUT2D eigenvalue weighted by Gasteiger charge is 2.28. The Morgan fingerprint density at radius 2 is 1.62 bits per heavy atom. The van der Waals surface area contributed by atoms with E-state index in [-0.39, 0.29) is 17.9 Å². The van der Waals surface area contributed by atoms with Crippen LogP contribution in [0.3, 0.4) is 0 Å². The number of anilines is 1. The molecule has 0 spiro atoms. The van der Waals surface area contributed by atoms with Crippen molar-refractivity contribution < 1.29 is 18.0 Å². The molecule has 1 saturated heterocycles. The number of benzene rings is 1. The average molecular weight is 381 g/mol. The van der Waals surface area contributed by atoms with E-state index in [1.54, 1.807) is 29.2 Å². The first kappa shape index (κ1) is 20.2. The minimum atomic E-state index is -3.34. The van der Waals surface area contributed by atoms with Crippen molar-refractivity contribution >= 4 is 27.5 Å². The Morgan fingerprint density at radius 1 is 1.08 bits per heavy atom. The molecule has 1 aliphatic heterocycles. The Labute approximate surface area is 155 Å². The minimum Gasteiger partial charge on any atom is -0.353 e. The number of nitrogens with one attached hydrogen (secondary N) is 2. The third-order valence-corrected chi connectivity index (χ3v) is 4.84. The molecule has 0 aliphatic carbocycles. The summed E-state index contributed by atoms with van der Waals surface area (Å²) < 4.78 is 24.8. The van der Waals surface area contributed by atoms with Crippen molar-refractivity contribution in [1.29, 1.82) is 0 Å². The molecule has 1 aromatic rings. The van der Waals surface area contributed by atoms with Crippen molar-refractivity contribution in [2.75, 3.05) is 24.1 Å². The van der Waals surface area contributed by atoms with Gasteiger partial charge in [0.1, 0.15) is 0 Å². The predicted molar refractivity (Wildman–Crippen MR) is 101 cm³/mol. The topological polar surface area (TPSA) is 95.6 Å². The van der Waals surface area contributed by atoms with Gasteiger partial charge in [-0.05, 0) is 37.1 Å². The lowest BCUT2D eigenvalue weighted by atomic mass is 9.94. The van der Waals surface area contributed by atoms with Gasteiger partial charge in [-0.1, -0.05) is 20.8 Å². The molecule has 0 radical (unpaired) electrons. The fourth-order valence-electron chi connectivity index (χ4n) is 2.71. The van der Waals surface area contributed by atoms with Crippen LogP contribution in [0.1, 0.15) is 44.0 Å². The summed E-state index contributed by atoms with van der Waals surface area (Å²) in [6.07, 6.45) is 2.53. The molecular formula is C18H27N3O4S. The monoisotopic (exact) mass is 381 g/mol. The van der Waals surface area contributed by atoms with E-state index in [1.165, 1.54) is 0 Å². The van der Waals surface area contributed by atoms with Crippen LogP contribution in [-0.2, 0) is 14.8 Å². The number of carbonyl (C=O) groups excluding carboxylic acids is 2. The number of carbonyl (C=O) groups is 2. The van der Waals surface area contributed by atoms with E-state index in [0.717, 1.165) is 19.1 Å². The standard InChI is InChI=1S/C18H27N3O4S/c1-18(2,3)17(23)19-14-9-11-21(12-10-14)16(22)13-5-7-15(8-6-13)20-26(4,24)25/h5-8,14,20H,9-12H2,1-4H3,(H,19,23). The maximum Gasteiger partial charge on any atom is 0.253 e. The lowest BCUT2D eigenvalue weighted by Gasteiger charge is -2.33. The van der Waals surface area contributed by atoms with Gasteiger partial charge in [0.2, 0.25) is 15.9 Å². The van der Waals surface area contributed by atoms with E-state index in [9.17, 15) is 18.0 Å². The van der Waals surface area contributed by atoms with Crippen LogP contribution in [0.2, 0.25) is 0 Å². The molecule has 7 nitrogen and oxygen atoms in total. The third-order valence-electron chi connectivity index (χ3n) is 4.23. The predicted octanol–water partition coefficient (Wildman–Crippen LogP) is 1.82. The lowest BCUT2D eigenvalue weighted by Crippen LogP contribution is -2.49. The van der Waals surface area contributed by atoms with Gasteiger partial charge in [-0.25, -0.2) is 8.42 Å². The van der Waals surface area contributed by atoms with Crippen LogP contribution in [0.15, 0.2) is 24.3 Å². The number of hydrogen-bond donors (Lipinski definition) is 2. The molecule has 144 valence electrons. The smallest absolute Gasteiger partial charge is 0.253 e. The number of rotatable bonds is 4. The van der Waals surface area contributed by atoms with Crippen LogP contribution in [0, 0.1) is 5.41 Å². The van der Waals surface area contributed by atoms with E-state index in [0.29, 0.717) is 24.3 Å². The van der Waals surface area contributed by atoms with Gasteiger partial charge in [-0.15, -0.1) is 0 Å². The molecule has 0 unspecified atom stereocenters. The number of hydrogen-bond acceptors (Lipinski definition) is 4. The minimum absolute atomic E-state index is 0.0243. The van der Waals surface area contributed by atoms with Gasteiger partial charge >= 0.3 is 0 Å². The maximum absolute atomic E-state index is 12.6. The molecule has 0 saturated carbocycles. The largest absolute Gasteiger partial charge is 0.353 e. The Balaban J connectivity index is 1.91. The molecule has 2 rings (SSSR count). The van der Waals surface area contributed by atoms with Gasteiger partial charge in [0, 0.05) is 35.8 Å². The number of nitrogens with zero attached hydrogens (tertiary/aromatic N) is 1. The Morgan fingerprint density at radius 3 is 2.08 bits per heavy atom. The number of likely N-dealkylation sites (tertiary alicyclic amines) is 1. The van der Waals surface area contributed by atoms with Gasteiger partial charge in [0.25, 0.3) is 5.91 Å². The zero-order valence-electron chi connectivity index (χ0n) is 15.7. The average Bonchev–Trinajstić information content (AvgIpc) is 2.53. The van der Waals surface area contributed by atoms with Crippen LogP contribution in [0.25, 0.3) is 0 Å². The molecule has 2 amide bonds. The molecule has 0 bridgehead atoms. The molecule has 1 fully saturated rings. The molecule has 1 aromatic carbocycles. The fraction of sp³-hybridized carbons (Fsp3) is 0.556. The summed E-state index contributed by atoms with van der Waals surface area (Å²) in [5, 5.41) is 3.05. The highest BCUT2D eigenvalue weighted by Crippen LogP contribution is 2.19. The highest BCUT2D eigenvalue weighted by molar-refractivity contribution is 7.92. The molecule has 1 heterocycles. The molecule has 2 N–H and O–H groups in total.